The Morgan fingerprint density at radius 1 is 1.16 bits per heavy atom. The molecule has 2 unspecified atom stereocenters. The van der Waals surface area contributed by atoms with Crippen LogP contribution in [-0.2, 0) is 11.3 Å². The van der Waals surface area contributed by atoms with E-state index in [1.807, 2.05) is 30.3 Å². The van der Waals surface area contributed by atoms with Gasteiger partial charge in [0.15, 0.2) is 0 Å². The molecule has 1 aromatic carbocycles. The van der Waals surface area contributed by atoms with Gasteiger partial charge in [-0.2, -0.15) is 0 Å². The first-order chi connectivity index (χ1) is 12.1. The first-order valence-electron chi connectivity index (χ1n) is 9.18. The normalized spacial score (nSPS) is 24.6. The van der Waals surface area contributed by atoms with Crippen LogP contribution >= 0.6 is 0 Å². The predicted octanol–water partition coefficient (Wildman–Crippen LogP) is 1.62. The van der Waals surface area contributed by atoms with Gasteiger partial charge >= 0.3 is 6.03 Å². The van der Waals surface area contributed by atoms with E-state index in [9.17, 15) is 9.59 Å². The third-order valence-corrected chi connectivity index (χ3v) is 5.08. The molecule has 2 atom stereocenters. The van der Waals surface area contributed by atoms with Crippen molar-refractivity contribution in [1.29, 1.82) is 0 Å². The van der Waals surface area contributed by atoms with Crippen molar-refractivity contribution in [2.24, 2.45) is 0 Å². The van der Waals surface area contributed by atoms with E-state index in [-0.39, 0.29) is 18.0 Å². The summed E-state index contributed by atoms with van der Waals surface area (Å²) in [6.07, 6.45) is 4.81. The first kappa shape index (κ1) is 17.7. The summed E-state index contributed by atoms with van der Waals surface area (Å²) in [5.74, 6) is 0.0253. The van der Waals surface area contributed by atoms with Crippen LogP contribution in [0.3, 0.4) is 0 Å². The Bertz CT molecular complexity index is 580. The average molecular weight is 344 g/mol. The van der Waals surface area contributed by atoms with Gasteiger partial charge in [0.2, 0.25) is 5.91 Å². The summed E-state index contributed by atoms with van der Waals surface area (Å²) in [6, 6.07) is 11.1. The fraction of sp³-hybridized carbons (Fsp3) is 0.579. The van der Waals surface area contributed by atoms with Crippen LogP contribution in [0.25, 0.3) is 0 Å². The van der Waals surface area contributed by atoms with Crippen LogP contribution in [0.1, 0.15) is 37.7 Å². The number of carbonyl (C=O) groups is 2. The van der Waals surface area contributed by atoms with E-state index in [1.54, 1.807) is 11.9 Å². The zero-order valence-electron chi connectivity index (χ0n) is 14.8. The van der Waals surface area contributed by atoms with Crippen LogP contribution in [-0.4, -0.2) is 48.6 Å². The number of piperidine rings is 1. The third-order valence-electron chi connectivity index (χ3n) is 5.08. The molecule has 3 N–H and O–H groups in total. The second kappa shape index (κ2) is 8.34. The highest BCUT2D eigenvalue weighted by Gasteiger charge is 2.33. The quantitative estimate of drug-likeness (QED) is 0.734. The molecule has 1 aromatic rings. The number of carbonyl (C=O) groups excluding carboxylic acids is 2. The molecule has 2 heterocycles. The van der Waals surface area contributed by atoms with E-state index in [4.69, 9.17) is 0 Å². The fourth-order valence-corrected chi connectivity index (χ4v) is 3.82. The third kappa shape index (κ3) is 5.19. The molecule has 0 aromatic heterocycles. The smallest absolute Gasteiger partial charge is 0.317 e. The number of hydrogen-bond acceptors (Lipinski definition) is 3. The summed E-state index contributed by atoms with van der Waals surface area (Å²) >= 11 is 0. The van der Waals surface area contributed by atoms with Crippen molar-refractivity contribution in [3.05, 3.63) is 35.9 Å². The van der Waals surface area contributed by atoms with Crippen LogP contribution in [0.15, 0.2) is 30.3 Å². The Morgan fingerprint density at radius 3 is 2.52 bits per heavy atom. The molecule has 136 valence electrons. The average Bonchev–Trinajstić information content (AvgIpc) is 2.94. The van der Waals surface area contributed by atoms with Crippen LogP contribution in [0.5, 0.6) is 0 Å². The SMILES string of the molecule is CN(Cc1ccccc1)C(=O)NCCC(=O)NC1CC2CCC(C1)N2. The molecular formula is C19H28N4O2. The molecule has 2 bridgehead atoms. The molecule has 2 aliphatic rings. The summed E-state index contributed by atoms with van der Waals surface area (Å²) in [7, 11) is 1.76. The monoisotopic (exact) mass is 344 g/mol. The number of hydrogen-bond donors (Lipinski definition) is 3. The summed E-state index contributed by atoms with van der Waals surface area (Å²) in [5, 5.41) is 9.50. The van der Waals surface area contributed by atoms with E-state index in [0.29, 0.717) is 31.6 Å². The Hall–Kier alpha value is -2.08. The van der Waals surface area contributed by atoms with Crippen molar-refractivity contribution in [3.63, 3.8) is 0 Å². The summed E-state index contributed by atoms with van der Waals surface area (Å²) < 4.78 is 0. The lowest BCUT2D eigenvalue weighted by Gasteiger charge is -2.29. The van der Waals surface area contributed by atoms with E-state index in [1.165, 1.54) is 12.8 Å². The molecule has 0 radical (unpaired) electrons. The molecule has 2 fully saturated rings. The highest BCUT2D eigenvalue weighted by Crippen LogP contribution is 2.26. The Morgan fingerprint density at radius 2 is 1.84 bits per heavy atom. The number of fused-ring (bicyclic) bond motifs is 2. The largest absolute Gasteiger partial charge is 0.353 e. The lowest BCUT2D eigenvalue weighted by Crippen LogP contribution is -2.48. The van der Waals surface area contributed by atoms with Gasteiger partial charge in [-0.25, -0.2) is 4.79 Å². The summed E-state index contributed by atoms with van der Waals surface area (Å²) in [4.78, 5) is 25.8. The Kier molecular flexibility index (Phi) is 5.91. The lowest BCUT2D eigenvalue weighted by atomic mass is 10.00. The maximum absolute atomic E-state index is 12.1. The van der Waals surface area contributed by atoms with Crippen LogP contribution in [0.4, 0.5) is 4.79 Å². The zero-order chi connectivity index (χ0) is 17.6. The second-order valence-corrected chi connectivity index (χ2v) is 7.20. The number of nitrogens with one attached hydrogen (secondary N) is 3. The summed E-state index contributed by atoms with van der Waals surface area (Å²) in [6.45, 7) is 0.915. The highest BCUT2D eigenvalue weighted by molar-refractivity contribution is 5.78. The van der Waals surface area contributed by atoms with Gasteiger partial charge in [-0.1, -0.05) is 30.3 Å². The molecule has 3 amide bonds. The van der Waals surface area contributed by atoms with Gasteiger partial charge in [-0.3, -0.25) is 4.79 Å². The molecule has 2 saturated heterocycles. The van der Waals surface area contributed by atoms with Gasteiger partial charge in [0.1, 0.15) is 0 Å². The topological polar surface area (TPSA) is 73.5 Å². The number of rotatable bonds is 6. The maximum Gasteiger partial charge on any atom is 0.317 e. The molecule has 2 aliphatic heterocycles. The van der Waals surface area contributed by atoms with Gasteiger partial charge < -0.3 is 20.9 Å². The highest BCUT2D eigenvalue weighted by atomic mass is 16.2. The standard InChI is InChI=1S/C19H28N4O2/c1-23(13-14-5-3-2-4-6-14)19(25)20-10-9-18(24)22-17-11-15-7-8-16(12-17)21-15/h2-6,15-17,21H,7-13H2,1H3,(H,20,25)(H,22,24). The van der Waals surface area contributed by atoms with Crippen molar-refractivity contribution in [2.75, 3.05) is 13.6 Å². The molecule has 0 saturated carbocycles. The minimum atomic E-state index is -0.156. The van der Waals surface area contributed by atoms with Crippen LogP contribution < -0.4 is 16.0 Å². The molecule has 6 nitrogen and oxygen atoms in total. The van der Waals surface area contributed by atoms with Gasteiger partial charge in [0.25, 0.3) is 0 Å². The van der Waals surface area contributed by atoms with Crippen molar-refractivity contribution < 1.29 is 9.59 Å². The van der Waals surface area contributed by atoms with Gasteiger partial charge in [0, 0.05) is 44.7 Å². The van der Waals surface area contributed by atoms with E-state index >= 15 is 0 Å². The van der Waals surface area contributed by atoms with E-state index in [0.717, 1.165) is 18.4 Å². The van der Waals surface area contributed by atoms with Gasteiger partial charge in [0.05, 0.1) is 0 Å². The molecular weight excluding hydrogens is 316 g/mol. The molecule has 0 spiro atoms. The zero-order valence-corrected chi connectivity index (χ0v) is 14.8. The van der Waals surface area contributed by atoms with Crippen LogP contribution in [0, 0.1) is 0 Å². The molecule has 25 heavy (non-hydrogen) atoms. The predicted molar refractivity (Wildman–Crippen MR) is 97.0 cm³/mol. The fourth-order valence-electron chi connectivity index (χ4n) is 3.82. The number of urea groups is 1. The van der Waals surface area contributed by atoms with E-state index in [2.05, 4.69) is 16.0 Å². The number of amides is 3. The van der Waals surface area contributed by atoms with Crippen molar-refractivity contribution in [1.82, 2.24) is 20.9 Å². The Labute approximate surface area is 149 Å². The summed E-state index contributed by atoms with van der Waals surface area (Å²) in [5.41, 5.74) is 1.08. The van der Waals surface area contributed by atoms with E-state index < -0.39 is 0 Å². The van der Waals surface area contributed by atoms with Crippen LogP contribution in [0.2, 0.25) is 0 Å². The van der Waals surface area contributed by atoms with Gasteiger partial charge in [-0.05, 0) is 31.2 Å². The lowest BCUT2D eigenvalue weighted by molar-refractivity contribution is -0.121. The Balaban J connectivity index is 1.33. The maximum atomic E-state index is 12.1. The molecule has 0 aliphatic carbocycles. The molecule has 6 heteroatoms. The van der Waals surface area contributed by atoms with Crippen molar-refractivity contribution in [2.45, 2.75) is 56.8 Å². The minimum absolute atomic E-state index is 0.0253. The van der Waals surface area contributed by atoms with Crippen molar-refractivity contribution in [3.8, 4) is 0 Å². The number of nitrogens with zero attached hydrogens (tertiary/aromatic N) is 1. The van der Waals surface area contributed by atoms with Crippen molar-refractivity contribution >= 4 is 11.9 Å². The minimum Gasteiger partial charge on any atom is -0.353 e. The second-order valence-electron chi connectivity index (χ2n) is 7.20. The van der Waals surface area contributed by atoms with Gasteiger partial charge in [-0.15, -0.1) is 0 Å². The first-order valence-corrected chi connectivity index (χ1v) is 9.18. The molecule has 3 rings (SSSR count). The number of benzene rings is 1.